The maximum absolute atomic E-state index is 12.6. The largest absolute Gasteiger partial charge is 0.481 e. The van der Waals surface area contributed by atoms with Gasteiger partial charge in [0.25, 0.3) is 5.91 Å². The fourth-order valence-corrected chi connectivity index (χ4v) is 2.49. The first-order valence-electron chi connectivity index (χ1n) is 9.22. The van der Waals surface area contributed by atoms with Gasteiger partial charge in [0.1, 0.15) is 17.3 Å². The molecule has 0 aliphatic rings. The van der Waals surface area contributed by atoms with Crippen LogP contribution in [0, 0.1) is 10.1 Å². The number of ether oxygens (including phenoxy) is 2. The number of alkyl halides is 3. The zero-order chi connectivity index (χ0) is 24.2. The zero-order valence-electron chi connectivity index (χ0n) is 16.9. The van der Waals surface area contributed by atoms with E-state index in [0.717, 1.165) is 18.2 Å². The molecule has 1 amide bonds. The van der Waals surface area contributed by atoms with Gasteiger partial charge in [0.05, 0.1) is 10.5 Å². The molecule has 33 heavy (non-hydrogen) atoms. The molecule has 0 aliphatic carbocycles. The van der Waals surface area contributed by atoms with E-state index in [1.54, 1.807) is 0 Å². The van der Waals surface area contributed by atoms with E-state index in [0.29, 0.717) is 11.9 Å². The number of hydrogen-bond acceptors (Lipinski definition) is 8. The van der Waals surface area contributed by atoms with Crippen LogP contribution >= 0.6 is 0 Å². The number of rotatable bonds is 7. The Balaban J connectivity index is 1.57. The summed E-state index contributed by atoms with van der Waals surface area (Å²) >= 11 is 0. The predicted octanol–water partition coefficient (Wildman–Crippen LogP) is 4.18. The molecule has 0 spiro atoms. The second kappa shape index (κ2) is 9.38. The van der Waals surface area contributed by atoms with Crippen molar-refractivity contribution in [3.8, 4) is 17.4 Å². The Morgan fingerprint density at radius 3 is 2.33 bits per heavy atom. The third kappa shape index (κ3) is 6.06. The van der Waals surface area contributed by atoms with E-state index in [9.17, 15) is 28.1 Å². The summed E-state index contributed by atoms with van der Waals surface area (Å²) in [5, 5.41) is 13.2. The van der Waals surface area contributed by atoms with Crippen LogP contribution in [0.4, 0.5) is 30.5 Å². The minimum absolute atomic E-state index is 0.0198. The molecular weight excluding hydrogens is 447 g/mol. The summed E-state index contributed by atoms with van der Waals surface area (Å²) in [7, 11) is 0. The van der Waals surface area contributed by atoms with Gasteiger partial charge < -0.3 is 20.5 Å². The highest BCUT2D eigenvalue weighted by Gasteiger charge is 2.30. The first-order valence-corrected chi connectivity index (χ1v) is 9.22. The number of nitrogen functional groups attached to an aromatic ring is 1. The van der Waals surface area contributed by atoms with Gasteiger partial charge in [-0.15, -0.1) is 0 Å². The van der Waals surface area contributed by atoms with Crippen LogP contribution in [0.25, 0.3) is 0 Å². The SMILES string of the molecule is CC(Oc1ccc(Oc2ccc(C(F)(F)F)cn2)cc1)C(=O)Nc1ccc([N+](=O)[O-])c(N)n1. The van der Waals surface area contributed by atoms with Crippen molar-refractivity contribution in [1.82, 2.24) is 9.97 Å². The molecule has 172 valence electrons. The molecule has 1 aromatic carbocycles. The van der Waals surface area contributed by atoms with Crippen molar-refractivity contribution < 1.29 is 32.4 Å². The molecule has 10 nitrogen and oxygen atoms in total. The quantitative estimate of drug-likeness (QED) is 0.392. The molecule has 0 aliphatic heterocycles. The Morgan fingerprint density at radius 2 is 1.79 bits per heavy atom. The normalized spacial score (nSPS) is 12.0. The Kier molecular flexibility index (Phi) is 6.61. The minimum atomic E-state index is -4.49. The second-order valence-corrected chi connectivity index (χ2v) is 6.56. The first kappa shape index (κ1) is 23.2. The van der Waals surface area contributed by atoms with Crippen LogP contribution in [0.1, 0.15) is 12.5 Å². The van der Waals surface area contributed by atoms with E-state index in [2.05, 4.69) is 15.3 Å². The molecule has 2 heterocycles. The van der Waals surface area contributed by atoms with Crippen LogP contribution in [0.5, 0.6) is 17.4 Å². The number of amides is 1. The summed E-state index contributed by atoms with van der Waals surface area (Å²) < 4.78 is 48.7. The van der Waals surface area contributed by atoms with Crippen molar-refractivity contribution in [2.45, 2.75) is 19.2 Å². The molecule has 0 saturated carbocycles. The van der Waals surface area contributed by atoms with Crippen LogP contribution in [0.15, 0.2) is 54.7 Å². The number of nitro groups is 1. The lowest BCUT2D eigenvalue weighted by atomic mass is 10.3. The lowest BCUT2D eigenvalue weighted by Gasteiger charge is -2.15. The number of nitrogens with zero attached hydrogens (tertiary/aromatic N) is 3. The lowest BCUT2D eigenvalue weighted by Crippen LogP contribution is -2.30. The van der Waals surface area contributed by atoms with Crippen molar-refractivity contribution in [3.63, 3.8) is 0 Å². The fourth-order valence-electron chi connectivity index (χ4n) is 2.49. The Morgan fingerprint density at radius 1 is 1.12 bits per heavy atom. The van der Waals surface area contributed by atoms with Gasteiger partial charge in [-0.25, -0.2) is 9.97 Å². The topological polar surface area (TPSA) is 142 Å². The van der Waals surface area contributed by atoms with Crippen LogP contribution in [0.2, 0.25) is 0 Å². The monoisotopic (exact) mass is 463 g/mol. The second-order valence-electron chi connectivity index (χ2n) is 6.56. The van der Waals surface area contributed by atoms with Gasteiger partial charge in [-0.3, -0.25) is 14.9 Å². The van der Waals surface area contributed by atoms with Crippen LogP contribution in [-0.2, 0) is 11.0 Å². The summed E-state index contributed by atoms with van der Waals surface area (Å²) in [6.07, 6.45) is -4.79. The first-order chi connectivity index (χ1) is 15.5. The van der Waals surface area contributed by atoms with Gasteiger partial charge in [-0.1, -0.05) is 0 Å². The molecule has 0 radical (unpaired) electrons. The smallest absolute Gasteiger partial charge is 0.417 e. The van der Waals surface area contributed by atoms with Gasteiger partial charge in [-0.2, -0.15) is 13.2 Å². The number of halogens is 3. The Bertz CT molecular complexity index is 1150. The maximum Gasteiger partial charge on any atom is 0.417 e. The molecule has 3 aromatic rings. The van der Waals surface area contributed by atoms with Crippen molar-refractivity contribution in [2.24, 2.45) is 0 Å². The number of nitrogens with two attached hydrogens (primary N) is 1. The van der Waals surface area contributed by atoms with E-state index in [1.165, 1.54) is 37.3 Å². The fraction of sp³-hybridized carbons (Fsp3) is 0.150. The molecule has 3 rings (SSSR count). The number of nitrogens with one attached hydrogen (secondary N) is 1. The summed E-state index contributed by atoms with van der Waals surface area (Å²) in [5.41, 5.74) is 4.22. The van der Waals surface area contributed by atoms with Gasteiger partial charge in [0, 0.05) is 18.3 Å². The number of benzene rings is 1. The van der Waals surface area contributed by atoms with Crippen molar-refractivity contribution in [3.05, 3.63) is 70.4 Å². The van der Waals surface area contributed by atoms with E-state index in [-0.39, 0.29) is 29.0 Å². The molecule has 1 unspecified atom stereocenters. The third-order valence-electron chi connectivity index (χ3n) is 4.14. The van der Waals surface area contributed by atoms with Gasteiger partial charge >= 0.3 is 11.9 Å². The molecule has 0 fully saturated rings. The van der Waals surface area contributed by atoms with Gasteiger partial charge in [0.2, 0.25) is 11.7 Å². The molecule has 2 aromatic heterocycles. The molecule has 1 atom stereocenters. The minimum Gasteiger partial charge on any atom is -0.481 e. The number of anilines is 2. The number of carbonyl (C=O) groups excluding carboxylic acids is 1. The number of aromatic nitrogens is 2. The van der Waals surface area contributed by atoms with Crippen LogP contribution < -0.4 is 20.5 Å². The maximum atomic E-state index is 12.6. The molecule has 0 bridgehead atoms. The van der Waals surface area contributed by atoms with Crippen molar-refractivity contribution in [2.75, 3.05) is 11.1 Å². The van der Waals surface area contributed by atoms with Crippen LogP contribution in [0.3, 0.4) is 0 Å². The molecule has 3 N–H and O–H groups in total. The number of hydrogen-bond donors (Lipinski definition) is 2. The summed E-state index contributed by atoms with van der Waals surface area (Å²) in [4.78, 5) is 29.7. The highest BCUT2D eigenvalue weighted by Crippen LogP contribution is 2.30. The Labute approximate surface area is 184 Å². The molecule has 13 heteroatoms. The summed E-state index contributed by atoms with van der Waals surface area (Å²) in [6.45, 7) is 1.47. The Hall–Kier alpha value is -4.42. The van der Waals surface area contributed by atoms with E-state index < -0.39 is 28.7 Å². The zero-order valence-corrected chi connectivity index (χ0v) is 16.9. The van der Waals surface area contributed by atoms with E-state index in [1.807, 2.05) is 0 Å². The highest BCUT2D eigenvalue weighted by atomic mass is 19.4. The number of pyridine rings is 2. The van der Waals surface area contributed by atoms with E-state index in [4.69, 9.17) is 15.2 Å². The van der Waals surface area contributed by atoms with Gasteiger partial charge in [0.15, 0.2) is 6.10 Å². The van der Waals surface area contributed by atoms with Crippen molar-refractivity contribution >= 4 is 23.2 Å². The predicted molar refractivity (Wildman–Crippen MR) is 110 cm³/mol. The van der Waals surface area contributed by atoms with E-state index >= 15 is 0 Å². The number of carbonyl (C=O) groups is 1. The average molecular weight is 463 g/mol. The third-order valence-corrected chi connectivity index (χ3v) is 4.14. The summed E-state index contributed by atoms with van der Waals surface area (Å²) in [6, 6.07) is 10.3. The van der Waals surface area contributed by atoms with Crippen LogP contribution in [-0.4, -0.2) is 26.9 Å². The highest BCUT2D eigenvalue weighted by molar-refractivity contribution is 5.93. The summed E-state index contributed by atoms with van der Waals surface area (Å²) in [5.74, 6) is -0.334. The molecular formula is C20H16F3N5O5. The average Bonchev–Trinajstić information content (AvgIpc) is 2.74. The molecule has 0 saturated heterocycles. The standard InChI is InChI=1S/C20H16F3N5O5/c1-11(19(29)27-16-8-7-15(28(30)31)18(24)26-16)32-13-3-5-14(6-4-13)33-17-9-2-12(10-25-17)20(21,22)23/h2-11H,1H3,(H3,24,26,27,29). The lowest BCUT2D eigenvalue weighted by molar-refractivity contribution is -0.384. The van der Waals surface area contributed by atoms with Crippen molar-refractivity contribution in [1.29, 1.82) is 0 Å². The van der Waals surface area contributed by atoms with Gasteiger partial charge in [-0.05, 0) is 43.3 Å².